The third-order valence-electron chi connectivity index (χ3n) is 2.83. The molecule has 2 atom stereocenters. The zero-order valence-corrected chi connectivity index (χ0v) is 12.7. The minimum absolute atomic E-state index is 0.102. The van der Waals surface area contributed by atoms with Gasteiger partial charge in [0.2, 0.25) is 0 Å². The van der Waals surface area contributed by atoms with Crippen molar-refractivity contribution < 1.29 is 19.4 Å². The standard InChI is InChI=1S/C13H20N2O4S/c1-13(2,3)19-12(17)15-11-14-6-9(20-11)10(16)8-4-5-18-7-8/h6,8,10,16H,4-5,7H2,1-3H3,(H,14,15,17). The highest BCUT2D eigenvalue weighted by atomic mass is 32.1. The fourth-order valence-corrected chi connectivity index (χ4v) is 2.79. The van der Waals surface area contributed by atoms with Crippen LogP contribution in [-0.2, 0) is 9.47 Å². The van der Waals surface area contributed by atoms with E-state index in [0.717, 1.165) is 11.3 Å². The van der Waals surface area contributed by atoms with Crippen molar-refractivity contribution in [3.8, 4) is 0 Å². The number of ether oxygens (including phenoxy) is 2. The Labute approximate surface area is 122 Å². The van der Waals surface area contributed by atoms with Crippen LogP contribution in [0.25, 0.3) is 0 Å². The fraction of sp³-hybridized carbons (Fsp3) is 0.692. The maximum Gasteiger partial charge on any atom is 0.413 e. The fourth-order valence-electron chi connectivity index (χ4n) is 1.91. The number of aromatic nitrogens is 1. The number of aliphatic hydroxyl groups excluding tert-OH is 1. The monoisotopic (exact) mass is 300 g/mol. The number of nitrogens with zero attached hydrogens (tertiary/aromatic N) is 1. The Hall–Kier alpha value is -1.18. The van der Waals surface area contributed by atoms with Gasteiger partial charge in [-0.05, 0) is 27.2 Å². The number of carbonyl (C=O) groups excluding carboxylic acids is 1. The van der Waals surface area contributed by atoms with Crippen LogP contribution in [0.5, 0.6) is 0 Å². The first-order chi connectivity index (χ1) is 9.35. The first-order valence-electron chi connectivity index (χ1n) is 6.57. The Morgan fingerprint density at radius 3 is 3.00 bits per heavy atom. The highest BCUT2D eigenvalue weighted by Gasteiger charge is 2.27. The van der Waals surface area contributed by atoms with Gasteiger partial charge in [0.25, 0.3) is 0 Å². The molecule has 0 saturated carbocycles. The average molecular weight is 300 g/mol. The molecule has 1 fully saturated rings. The van der Waals surface area contributed by atoms with Gasteiger partial charge in [-0.1, -0.05) is 11.3 Å². The van der Waals surface area contributed by atoms with E-state index in [2.05, 4.69) is 10.3 Å². The summed E-state index contributed by atoms with van der Waals surface area (Å²) in [4.78, 5) is 16.4. The van der Waals surface area contributed by atoms with Crippen LogP contribution in [0.15, 0.2) is 6.20 Å². The number of aliphatic hydroxyl groups is 1. The molecule has 6 nitrogen and oxygen atoms in total. The maximum atomic E-state index is 11.6. The summed E-state index contributed by atoms with van der Waals surface area (Å²) in [5.74, 6) is 0.102. The quantitative estimate of drug-likeness (QED) is 0.896. The molecule has 0 radical (unpaired) electrons. The van der Waals surface area contributed by atoms with E-state index in [1.165, 1.54) is 11.3 Å². The third kappa shape index (κ3) is 4.16. The molecule has 2 heterocycles. The number of hydrogen-bond donors (Lipinski definition) is 2. The Morgan fingerprint density at radius 1 is 1.65 bits per heavy atom. The van der Waals surface area contributed by atoms with Crippen molar-refractivity contribution in [2.75, 3.05) is 18.5 Å². The van der Waals surface area contributed by atoms with Gasteiger partial charge in [0.1, 0.15) is 5.60 Å². The predicted molar refractivity (Wildman–Crippen MR) is 75.9 cm³/mol. The second-order valence-corrected chi connectivity index (χ2v) is 6.83. The lowest BCUT2D eigenvalue weighted by Crippen LogP contribution is -2.27. The van der Waals surface area contributed by atoms with Gasteiger partial charge < -0.3 is 14.6 Å². The van der Waals surface area contributed by atoms with Crippen LogP contribution in [-0.4, -0.2) is 35.0 Å². The summed E-state index contributed by atoms with van der Waals surface area (Å²) >= 11 is 1.25. The zero-order valence-electron chi connectivity index (χ0n) is 11.9. The molecule has 1 saturated heterocycles. The molecular weight excluding hydrogens is 280 g/mol. The van der Waals surface area contributed by atoms with Crippen molar-refractivity contribution >= 4 is 22.6 Å². The number of rotatable bonds is 3. The summed E-state index contributed by atoms with van der Waals surface area (Å²) in [7, 11) is 0. The van der Waals surface area contributed by atoms with Gasteiger partial charge >= 0.3 is 6.09 Å². The molecule has 0 bridgehead atoms. The van der Waals surface area contributed by atoms with E-state index in [1.54, 1.807) is 27.0 Å². The molecular formula is C13H20N2O4S. The van der Waals surface area contributed by atoms with Gasteiger partial charge in [-0.2, -0.15) is 0 Å². The van der Waals surface area contributed by atoms with Crippen LogP contribution in [0, 0.1) is 5.92 Å². The van der Waals surface area contributed by atoms with Crippen LogP contribution in [0.1, 0.15) is 38.2 Å². The average Bonchev–Trinajstić information content (AvgIpc) is 2.95. The van der Waals surface area contributed by atoms with Gasteiger partial charge in [-0.3, -0.25) is 5.32 Å². The highest BCUT2D eigenvalue weighted by Crippen LogP contribution is 2.33. The molecule has 1 aliphatic heterocycles. The molecule has 0 aliphatic carbocycles. The van der Waals surface area contributed by atoms with Gasteiger partial charge in [0.15, 0.2) is 5.13 Å². The van der Waals surface area contributed by atoms with E-state index in [0.29, 0.717) is 18.3 Å². The smallest absolute Gasteiger partial charge is 0.413 e. The van der Waals surface area contributed by atoms with Gasteiger partial charge in [-0.15, -0.1) is 0 Å². The van der Waals surface area contributed by atoms with Crippen molar-refractivity contribution in [3.05, 3.63) is 11.1 Å². The number of anilines is 1. The highest BCUT2D eigenvalue weighted by molar-refractivity contribution is 7.15. The molecule has 1 amide bonds. The molecule has 112 valence electrons. The third-order valence-corrected chi connectivity index (χ3v) is 3.82. The van der Waals surface area contributed by atoms with E-state index in [-0.39, 0.29) is 5.92 Å². The van der Waals surface area contributed by atoms with Crippen LogP contribution < -0.4 is 5.32 Å². The van der Waals surface area contributed by atoms with Crippen LogP contribution in [0.2, 0.25) is 0 Å². The molecule has 0 aromatic carbocycles. The van der Waals surface area contributed by atoms with Crippen molar-refractivity contribution in [1.82, 2.24) is 4.98 Å². The van der Waals surface area contributed by atoms with Crippen LogP contribution in [0.3, 0.4) is 0 Å². The maximum absolute atomic E-state index is 11.6. The number of nitrogens with one attached hydrogen (secondary N) is 1. The SMILES string of the molecule is CC(C)(C)OC(=O)Nc1ncc(C(O)C2CCOC2)s1. The Morgan fingerprint density at radius 2 is 2.40 bits per heavy atom. The van der Waals surface area contributed by atoms with E-state index < -0.39 is 17.8 Å². The lowest BCUT2D eigenvalue weighted by atomic mass is 10.0. The molecule has 2 rings (SSSR count). The molecule has 7 heteroatoms. The van der Waals surface area contributed by atoms with Crippen molar-refractivity contribution in [1.29, 1.82) is 0 Å². The molecule has 1 aromatic heterocycles. The summed E-state index contributed by atoms with van der Waals surface area (Å²) in [6.07, 6.45) is 1.29. The first-order valence-corrected chi connectivity index (χ1v) is 7.38. The van der Waals surface area contributed by atoms with E-state index in [4.69, 9.17) is 9.47 Å². The van der Waals surface area contributed by atoms with Crippen molar-refractivity contribution in [2.45, 2.75) is 38.9 Å². The van der Waals surface area contributed by atoms with Crippen molar-refractivity contribution in [3.63, 3.8) is 0 Å². The topological polar surface area (TPSA) is 80.7 Å². The normalized spacial score (nSPS) is 20.7. The first kappa shape index (κ1) is 15.2. The van der Waals surface area contributed by atoms with Crippen LogP contribution >= 0.6 is 11.3 Å². The van der Waals surface area contributed by atoms with Gasteiger partial charge in [-0.25, -0.2) is 9.78 Å². The lowest BCUT2D eigenvalue weighted by molar-refractivity contribution is 0.0636. The summed E-state index contributed by atoms with van der Waals surface area (Å²) in [6, 6.07) is 0. The van der Waals surface area contributed by atoms with Gasteiger partial charge in [0.05, 0.1) is 17.6 Å². The Balaban J connectivity index is 1.93. The molecule has 1 aliphatic rings. The Bertz CT molecular complexity index is 463. The van der Waals surface area contributed by atoms with Crippen molar-refractivity contribution in [2.24, 2.45) is 5.92 Å². The second kappa shape index (κ2) is 6.07. The van der Waals surface area contributed by atoms with E-state index in [1.807, 2.05) is 0 Å². The Kier molecular flexibility index (Phi) is 4.62. The van der Waals surface area contributed by atoms with E-state index >= 15 is 0 Å². The summed E-state index contributed by atoms with van der Waals surface area (Å²) < 4.78 is 10.4. The summed E-state index contributed by atoms with van der Waals surface area (Å²) in [5, 5.41) is 13.2. The molecule has 1 aromatic rings. The minimum atomic E-state index is -0.593. The second-order valence-electron chi connectivity index (χ2n) is 5.76. The minimum Gasteiger partial charge on any atom is -0.444 e. The molecule has 2 unspecified atom stereocenters. The number of amides is 1. The van der Waals surface area contributed by atoms with Gasteiger partial charge in [0, 0.05) is 18.7 Å². The van der Waals surface area contributed by atoms with E-state index in [9.17, 15) is 9.90 Å². The predicted octanol–water partition coefficient (Wildman–Crippen LogP) is 2.56. The molecule has 20 heavy (non-hydrogen) atoms. The lowest BCUT2D eigenvalue weighted by Gasteiger charge is -2.19. The molecule has 2 N–H and O–H groups in total. The van der Waals surface area contributed by atoms with Crippen LogP contribution in [0.4, 0.5) is 9.93 Å². The largest absolute Gasteiger partial charge is 0.444 e. The number of carbonyl (C=O) groups is 1. The number of thiazole rings is 1. The summed E-state index contributed by atoms with van der Waals surface area (Å²) in [6.45, 7) is 6.63. The zero-order chi connectivity index (χ0) is 14.8. The summed E-state index contributed by atoms with van der Waals surface area (Å²) in [5.41, 5.74) is -0.551. The molecule has 0 spiro atoms. The number of hydrogen-bond acceptors (Lipinski definition) is 6.